The number of benzene rings is 1. The highest BCUT2D eigenvalue weighted by Gasteiger charge is 2.27. The van der Waals surface area contributed by atoms with Crippen molar-refractivity contribution in [3.63, 3.8) is 0 Å². The third-order valence-electron chi connectivity index (χ3n) is 2.68. The van der Waals surface area contributed by atoms with Crippen LogP contribution in [-0.2, 0) is 4.79 Å². The summed E-state index contributed by atoms with van der Waals surface area (Å²) in [6.07, 6.45) is 1.61. The van der Waals surface area contributed by atoms with Crippen LogP contribution in [0.2, 0.25) is 10.0 Å². The van der Waals surface area contributed by atoms with E-state index in [0.717, 1.165) is 12.8 Å². The summed E-state index contributed by atoms with van der Waals surface area (Å²) in [6.45, 7) is 0.645. The van der Waals surface area contributed by atoms with Crippen LogP contribution in [0, 0.1) is 0 Å². The first-order chi connectivity index (χ1) is 7.59. The molecule has 1 aliphatic heterocycles. The Morgan fingerprint density at radius 1 is 1.38 bits per heavy atom. The second-order valence-corrected chi connectivity index (χ2v) is 4.68. The minimum atomic E-state index is -0.427. The zero-order chi connectivity index (χ0) is 11.7. The van der Waals surface area contributed by atoms with Gasteiger partial charge in [-0.25, -0.2) is 0 Å². The number of halogens is 2. The van der Waals surface area contributed by atoms with Gasteiger partial charge in [0.2, 0.25) is 5.91 Å². The summed E-state index contributed by atoms with van der Waals surface area (Å²) < 4.78 is 0. The average Bonchev–Trinajstić information content (AvgIpc) is 2.26. The molecule has 1 aliphatic rings. The van der Waals surface area contributed by atoms with Crippen LogP contribution in [-0.4, -0.2) is 18.5 Å². The van der Waals surface area contributed by atoms with Gasteiger partial charge in [-0.3, -0.25) is 4.79 Å². The number of anilines is 1. The maximum atomic E-state index is 11.9. The lowest BCUT2D eigenvalue weighted by atomic mass is 10.0. The average molecular weight is 259 g/mol. The Morgan fingerprint density at radius 2 is 2.12 bits per heavy atom. The zero-order valence-electron chi connectivity index (χ0n) is 8.62. The molecule has 0 saturated carbocycles. The molecule has 0 spiro atoms. The summed E-state index contributed by atoms with van der Waals surface area (Å²) >= 11 is 11.9. The van der Waals surface area contributed by atoms with Crippen molar-refractivity contribution >= 4 is 34.8 Å². The Balaban J connectivity index is 2.35. The molecule has 0 bridgehead atoms. The predicted octanol–water partition coefficient (Wildman–Crippen LogP) is 2.45. The van der Waals surface area contributed by atoms with Crippen molar-refractivity contribution in [1.29, 1.82) is 0 Å². The largest absolute Gasteiger partial charge is 0.320 e. The van der Waals surface area contributed by atoms with Crippen LogP contribution in [0.3, 0.4) is 0 Å². The molecule has 0 aliphatic carbocycles. The van der Waals surface area contributed by atoms with Gasteiger partial charge in [0.15, 0.2) is 0 Å². The summed E-state index contributed by atoms with van der Waals surface area (Å²) in [5.74, 6) is -0.0876. The summed E-state index contributed by atoms with van der Waals surface area (Å²) in [4.78, 5) is 13.5. The van der Waals surface area contributed by atoms with Crippen LogP contribution < -0.4 is 10.6 Å². The molecule has 0 aromatic heterocycles. The van der Waals surface area contributed by atoms with Crippen molar-refractivity contribution < 1.29 is 4.79 Å². The van der Waals surface area contributed by atoms with Gasteiger partial charge in [0.25, 0.3) is 0 Å². The van der Waals surface area contributed by atoms with Gasteiger partial charge in [-0.05, 0) is 31.0 Å². The molecular formula is C11H12Cl2N2O. The molecule has 2 N–H and O–H groups in total. The molecule has 1 saturated heterocycles. The molecule has 1 aromatic rings. The summed E-state index contributed by atoms with van der Waals surface area (Å²) in [5.41, 5.74) is 6.37. The van der Waals surface area contributed by atoms with Gasteiger partial charge in [0.05, 0.1) is 16.8 Å². The van der Waals surface area contributed by atoms with E-state index in [2.05, 4.69) is 0 Å². The molecular weight excluding hydrogens is 247 g/mol. The number of hydrogen-bond donors (Lipinski definition) is 1. The normalized spacial score (nSPS) is 21.3. The monoisotopic (exact) mass is 258 g/mol. The second-order valence-electron chi connectivity index (χ2n) is 3.83. The fourth-order valence-electron chi connectivity index (χ4n) is 1.83. The van der Waals surface area contributed by atoms with E-state index in [9.17, 15) is 4.79 Å². The van der Waals surface area contributed by atoms with Gasteiger partial charge in [-0.1, -0.05) is 23.2 Å². The number of amides is 1. The number of piperidine rings is 1. The van der Waals surface area contributed by atoms with E-state index in [1.165, 1.54) is 0 Å². The first-order valence-corrected chi connectivity index (χ1v) is 5.87. The molecule has 2 rings (SSSR count). The van der Waals surface area contributed by atoms with Crippen molar-refractivity contribution in [2.75, 3.05) is 11.4 Å². The lowest BCUT2D eigenvalue weighted by Crippen LogP contribution is -2.48. The Bertz CT molecular complexity index is 422. The van der Waals surface area contributed by atoms with Crippen LogP contribution in [0.25, 0.3) is 0 Å². The van der Waals surface area contributed by atoms with Gasteiger partial charge in [-0.2, -0.15) is 0 Å². The van der Waals surface area contributed by atoms with Crippen LogP contribution in [0.1, 0.15) is 12.8 Å². The maximum Gasteiger partial charge on any atom is 0.243 e. The number of nitrogens with two attached hydrogens (primary N) is 1. The van der Waals surface area contributed by atoms with Crippen LogP contribution in [0.4, 0.5) is 5.69 Å². The predicted molar refractivity (Wildman–Crippen MR) is 66.0 cm³/mol. The van der Waals surface area contributed by atoms with E-state index >= 15 is 0 Å². The van der Waals surface area contributed by atoms with Crippen molar-refractivity contribution in [3.8, 4) is 0 Å². The Kier molecular flexibility index (Phi) is 3.38. The Labute approximate surface area is 104 Å². The molecule has 86 valence electrons. The third kappa shape index (κ3) is 2.17. The maximum absolute atomic E-state index is 11.9. The second kappa shape index (κ2) is 4.62. The van der Waals surface area contributed by atoms with E-state index in [1.807, 2.05) is 0 Å². The molecule has 3 nitrogen and oxygen atoms in total. The minimum Gasteiger partial charge on any atom is -0.320 e. The van der Waals surface area contributed by atoms with Gasteiger partial charge in [0.1, 0.15) is 0 Å². The van der Waals surface area contributed by atoms with Crippen molar-refractivity contribution in [1.82, 2.24) is 0 Å². The first kappa shape index (κ1) is 11.7. The summed E-state index contributed by atoms with van der Waals surface area (Å²) in [7, 11) is 0. The highest BCUT2D eigenvalue weighted by molar-refractivity contribution is 6.35. The molecule has 0 radical (unpaired) electrons. The van der Waals surface area contributed by atoms with E-state index in [0.29, 0.717) is 22.3 Å². The molecule has 1 fully saturated rings. The smallest absolute Gasteiger partial charge is 0.243 e. The van der Waals surface area contributed by atoms with Crippen LogP contribution in [0.5, 0.6) is 0 Å². The van der Waals surface area contributed by atoms with Crippen molar-refractivity contribution in [3.05, 3.63) is 28.2 Å². The van der Waals surface area contributed by atoms with Crippen LogP contribution in [0.15, 0.2) is 18.2 Å². The van der Waals surface area contributed by atoms with Crippen LogP contribution >= 0.6 is 23.2 Å². The lowest BCUT2D eigenvalue weighted by molar-refractivity contribution is -0.120. The lowest BCUT2D eigenvalue weighted by Gasteiger charge is -2.31. The van der Waals surface area contributed by atoms with Gasteiger partial charge in [-0.15, -0.1) is 0 Å². The SMILES string of the molecule is NC1CCCN(c2cc(Cl)ccc2Cl)C1=O. The quantitative estimate of drug-likeness (QED) is 0.842. The zero-order valence-corrected chi connectivity index (χ0v) is 10.1. The van der Waals surface area contributed by atoms with Gasteiger partial charge >= 0.3 is 0 Å². The number of carbonyl (C=O) groups excluding carboxylic acids is 1. The van der Waals surface area contributed by atoms with E-state index in [-0.39, 0.29) is 5.91 Å². The van der Waals surface area contributed by atoms with E-state index in [1.54, 1.807) is 23.1 Å². The molecule has 1 atom stereocenters. The minimum absolute atomic E-state index is 0.0876. The van der Waals surface area contributed by atoms with E-state index < -0.39 is 6.04 Å². The number of nitrogens with zero attached hydrogens (tertiary/aromatic N) is 1. The fourth-order valence-corrected chi connectivity index (χ4v) is 2.22. The standard InChI is InChI=1S/C11H12Cl2N2O/c12-7-3-4-8(13)10(6-7)15-5-1-2-9(14)11(15)16/h3-4,6,9H,1-2,5,14H2. The van der Waals surface area contributed by atoms with E-state index in [4.69, 9.17) is 28.9 Å². The first-order valence-electron chi connectivity index (χ1n) is 5.11. The summed E-state index contributed by atoms with van der Waals surface area (Å²) in [5, 5.41) is 1.08. The molecule has 1 amide bonds. The summed E-state index contributed by atoms with van der Waals surface area (Å²) in [6, 6.07) is 4.65. The molecule has 16 heavy (non-hydrogen) atoms. The number of carbonyl (C=O) groups is 1. The molecule has 1 aromatic carbocycles. The molecule has 1 heterocycles. The highest BCUT2D eigenvalue weighted by Crippen LogP contribution is 2.31. The van der Waals surface area contributed by atoms with Gasteiger partial charge in [0, 0.05) is 11.6 Å². The fraction of sp³-hybridized carbons (Fsp3) is 0.364. The van der Waals surface area contributed by atoms with Gasteiger partial charge < -0.3 is 10.6 Å². The molecule has 5 heteroatoms. The topological polar surface area (TPSA) is 46.3 Å². The Hall–Kier alpha value is -0.770. The van der Waals surface area contributed by atoms with Crippen molar-refractivity contribution in [2.45, 2.75) is 18.9 Å². The third-order valence-corrected chi connectivity index (χ3v) is 3.23. The highest BCUT2D eigenvalue weighted by atomic mass is 35.5. The number of hydrogen-bond acceptors (Lipinski definition) is 2. The number of rotatable bonds is 1. The Morgan fingerprint density at radius 3 is 2.88 bits per heavy atom. The molecule has 1 unspecified atom stereocenters. The van der Waals surface area contributed by atoms with Crippen molar-refractivity contribution in [2.24, 2.45) is 5.73 Å².